The van der Waals surface area contributed by atoms with Gasteiger partial charge in [-0.3, -0.25) is 14.6 Å². The molecule has 0 bridgehead atoms. The van der Waals surface area contributed by atoms with Gasteiger partial charge < -0.3 is 15.0 Å². The van der Waals surface area contributed by atoms with Crippen LogP contribution in [0, 0.1) is 0 Å². The molecule has 1 rings (SSSR count). The maximum absolute atomic E-state index is 11.4. The summed E-state index contributed by atoms with van der Waals surface area (Å²) in [4.78, 5) is 31.8. The lowest BCUT2D eigenvalue weighted by molar-refractivity contribution is -0.141. The van der Waals surface area contributed by atoms with Gasteiger partial charge >= 0.3 is 5.97 Å². The quantitative estimate of drug-likeness (QED) is 0.676. The van der Waals surface area contributed by atoms with Crippen LogP contribution in [-0.4, -0.2) is 49.1 Å². The smallest absolute Gasteiger partial charge is 0.325 e. The molecule has 0 atom stereocenters. The second kappa shape index (κ2) is 6.41. The van der Waals surface area contributed by atoms with Crippen LogP contribution in [0.1, 0.15) is 0 Å². The summed E-state index contributed by atoms with van der Waals surface area (Å²) in [6.45, 7) is -0.0423. The Labute approximate surface area is 98.8 Å². The lowest BCUT2D eigenvalue weighted by Gasteiger charge is -2.16. The minimum absolute atomic E-state index is 0.0929. The minimum Gasteiger partial charge on any atom is -0.468 e. The number of methoxy groups -OCH3 is 1. The molecule has 1 amide bonds. The Bertz CT molecular complexity index is 382. The highest BCUT2D eigenvalue weighted by Crippen LogP contribution is 2.03. The summed E-state index contributed by atoms with van der Waals surface area (Å²) in [5.41, 5.74) is 0. The monoisotopic (exact) mass is 238 g/mol. The van der Waals surface area contributed by atoms with Crippen molar-refractivity contribution in [2.45, 2.75) is 0 Å². The van der Waals surface area contributed by atoms with Crippen LogP contribution in [-0.2, 0) is 14.3 Å². The molecule has 0 unspecified atom stereocenters. The van der Waals surface area contributed by atoms with Crippen molar-refractivity contribution in [3.8, 4) is 0 Å². The van der Waals surface area contributed by atoms with Crippen LogP contribution in [0.5, 0.6) is 0 Å². The van der Waals surface area contributed by atoms with Crippen molar-refractivity contribution in [3.05, 3.63) is 18.6 Å². The molecule has 1 aromatic rings. The zero-order valence-electron chi connectivity index (χ0n) is 9.71. The fourth-order valence-corrected chi connectivity index (χ4v) is 1.08. The van der Waals surface area contributed by atoms with Gasteiger partial charge in [0.2, 0.25) is 5.91 Å². The summed E-state index contributed by atoms with van der Waals surface area (Å²) in [6.07, 6.45) is 4.64. The van der Waals surface area contributed by atoms with Gasteiger partial charge in [0.25, 0.3) is 0 Å². The standard InChI is InChI=1S/C10H14N4O3/c1-14(8-5-11-3-4-12-8)7-9(15)13-6-10(16)17-2/h3-5H,6-7H2,1-2H3,(H,13,15). The van der Waals surface area contributed by atoms with Crippen molar-refractivity contribution in [2.75, 3.05) is 32.1 Å². The summed E-state index contributed by atoms with van der Waals surface area (Å²) < 4.78 is 4.40. The Hall–Kier alpha value is -2.18. The van der Waals surface area contributed by atoms with Gasteiger partial charge in [-0.1, -0.05) is 0 Å². The molecule has 0 aliphatic rings. The van der Waals surface area contributed by atoms with E-state index < -0.39 is 5.97 Å². The number of aromatic nitrogens is 2. The van der Waals surface area contributed by atoms with Gasteiger partial charge in [-0.2, -0.15) is 0 Å². The molecule has 0 aromatic carbocycles. The predicted molar refractivity (Wildman–Crippen MR) is 60.3 cm³/mol. The molecule has 1 N–H and O–H groups in total. The maximum atomic E-state index is 11.4. The highest BCUT2D eigenvalue weighted by molar-refractivity contribution is 5.84. The number of esters is 1. The predicted octanol–water partition coefficient (Wildman–Crippen LogP) is -0.798. The number of likely N-dealkylation sites (N-methyl/N-ethyl adjacent to an activating group) is 1. The molecular weight excluding hydrogens is 224 g/mol. The van der Waals surface area contributed by atoms with Crippen LogP contribution in [0.4, 0.5) is 5.82 Å². The Balaban J connectivity index is 2.39. The van der Waals surface area contributed by atoms with Crippen molar-refractivity contribution >= 4 is 17.7 Å². The number of nitrogens with zero attached hydrogens (tertiary/aromatic N) is 3. The third-order valence-electron chi connectivity index (χ3n) is 1.98. The molecule has 0 saturated carbocycles. The maximum Gasteiger partial charge on any atom is 0.325 e. The van der Waals surface area contributed by atoms with E-state index in [1.165, 1.54) is 13.3 Å². The topological polar surface area (TPSA) is 84.4 Å². The summed E-state index contributed by atoms with van der Waals surface area (Å²) in [5, 5.41) is 2.43. The van der Waals surface area contributed by atoms with E-state index >= 15 is 0 Å². The molecule has 92 valence electrons. The summed E-state index contributed by atoms with van der Waals surface area (Å²) in [5.74, 6) is -0.190. The first-order valence-electron chi connectivity index (χ1n) is 4.94. The first-order chi connectivity index (χ1) is 8.13. The Kier molecular flexibility index (Phi) is 4.86. The van der Waals surface area contributed by atoms with Gasteiger partial charge in [0, 0.05) is 19.4 Å². The van der Waals surface area contributed by atoms with Crippen molar-refractivity contribution < 1.29 is 14.3 Å². The van der Waals surface area contributed by atoms with Gasteiger partial charge in [-0.15, -0.1) is 0 Å². The molecule has 1 aromatic heterocycles. The second-order valence-electron chi connectivity index (χ2n) is 3.27. The average Bonchev–Trinajstić information content (AvgIpc) is 2.36. The number of ether oxygens (including phenoxy) is 1. The van der Waals surface area contributed by atoms with Crippen molar-refractivity contribution in [3.63, 3.8) is 0 Å². The lowest BCUT2D eigenvalue weighted by Crippen LogP contribution is -2.38. The Morgan fingerprint density at radius 3 is 2.82 bits per heavy atom. The fraction of sp³-hybridized carbons (Fsp3) is 0.400. The second-order valence-corrected chi connectivity index (χ2v) is 3.27. The molecule has 7 nitrogen and oxygen atoms in total. The van der Waals surface area contributed by atoms with E-state index in [9.17, 15) is 9.59 Å². The van der Waals surface area contributed by atoms with Crippen LogP contribution >= 0.6 is 0 Å². The van der Waals surface area contributed by atoms with Crippen LogP contribution in [0.3, 0.4) is 0 Å². The number of rotatable bonds is 5. The van der Waals surface area contributed by atoms with Gasteiger partial charge in [0.1, 0.15) is 12.4 Å². The lowest BCUT2D eigenvalue weighted by atomic mass is 10.4. The molecule has 0 spiro atoms. The van der Waals surface area contributed by atoms with E-state index in [0.29, 0.717) is 5.82 Å². The highest BCUT2D eigenvalue weighted by Gasteiger charge is 2.09. The van der Waals surface area contributed by atoms with Gasteiger partial charge in [-0.25, -0.2) is 4.98 Å². The largest absolute Gasteiger partial charge is 0.468 e. The molecule has 0 aliphatic carbocycles. The van der Waals surface area contributed by atoms with Crippen molar-refractivity contribution in [1.82, 2.24) is 15.3 Å². The number of hydrogen-bond donors (Lipinski definition) is 1. The zero-order valence-corrected chi connectivity index (χ0v) is 9.71. The highest BCUT2D eigenvalue weighted by atomic mass is 16.5. The van der Waals surface area contributed by atoms with E-state index in [1.54, 1.807) is 24.3 Å². The molecule has 7 heteroatoms. The summed E-state index contributed by atoms with van der Waals surface area (Å²) >= 11 is 0. The zero-order chi connectivity index (χ0) is 12.7. The van der Waals surface area contributed by atoms with E-state index in [0.717, 1.165) is 0 Å². The van der Waals surface area contributed by atoms with E-state index in [-0.39, 0.29) is 19.0 Å². The minimum atomic E-state index is -0.486. The molecule has 0 radical (unpaired) electrons. The molecule has 0 aliphatic heterocycles. The van der Waals surface area contributed by atoms with Crippen molar-refractivity contribution in [1.29, 1.82) is 0 Å². The van der Waals surface area contributed by atoms with Gasteiger partial charge in [0.15, 0.2) is 0 Å². The van der Waals surface area contributed by atoms with E-state index in [2.05, 4.69) is 20.0 Å². The van der Waals surface area contributed by atoms with Crippen LogP contribution in [0.25, 0.3) is 0 Å². The molecular formula is C10H14N4O3. The number of hydrogen-bond acceptors (Lipinski definition) is 6. The number of amides is 1. The number of anilines is 1. The first-order valence-corrected chi connectivity index (χ1v) is 4.94. The number of nitrogens with one attached hydrogen (secondary N) is 1. The molecule has 0 saturated heterocycles. The molecule has 0 fully saturated rings. The van der Waals surface area contributed by atoms with Crippen LogP contribution < -0.4 is 10.2 Å². The Morgan fingerprint density at radius 2 is 2.24 bits per heavy atom. The van der Waals surface area contributed by atoms with E-state index in [4.69, 9.17) is 0 Å². The van der Waals surface area contributed by atoms with E-state index in [1.807, 2.05) is 0 Å². The normalized spacial score (nSPS) is 9.53. The third-order valence-corrected chi connectivity index (χ3v) is 1.98. The summed E-state index contributed by atoms with van der Waals surface area (Å²) in [6, 6.07) is 0. The molecule has 17 heavy (non-hydrogen) atoms. The Morgan fingerprint density at radius 1 is 1.47 bits per heavy atom. The van der Waals surface area contributed by atoms with Gasteiger partial charge in [0.05, 0.1) is 19.9 Å². The molecule has 1 heterocycles. The number of carbonyl (C=O) groups is 2. The van der Waals surface area contributed by atoms with Crippen LogP contribution in [0.2, 0.25) is 0 Å². The summed E-state index contributed by atoms with van der Waals surface area (Å²) in [7, 11) is 2.97. The SMILES string of the molecule is COC(=O)CNC(=O)CN(C)c1cnccn1. The third kappa shape index (κ3) is 4.45. The number of carbonyl (C=O) groups excluding carboxylic acids is 2. The fourth-order valence-electron chi connectivity index (χ4n) is 1.08. The van der Waals surface area contributed by atoms with Gasteiger partial charge in [-0.05, 0) is 0 Å². The van der Waals surface area contributed by atoms with Crippen LogP contribution in [0.15, 0.2) is 18.6 Å². The first kappa shape index (κ1) is 12.9. The van der Waals surface area contributed by atoms with Crippen molar-refractivity contribution in [2.24, 2.45) is 0 Å². The average molecular weight is 238 g/mol.